The Labute approximate surface area is 91.3 Å². The second-order valence-corrected chi connectivity index (χ2v) is 4.36. The first-order valence-corrected chi connectivity index (χ1v) is 5.49. The van der Waals surface area contributed by atoms with Gasteiger partial charge >= 0.3 is 0 Å². The van der Waals surface area contributed by atoms with Crippen LogP contribution < -0.4 is 5.73 Å². The summed E-state index contributed by atoms with van der Waals surface area (Å²) in [5.74, 6) is 0.523. The molecule has 0 aliphatic carbocycles. The molecule has 0 aromatic heterocycles. The molecule has 0 aliphatic rings. The van der Waals surface area contributed by atoms with Crippen molar-refractivity contribution in [2.24, 2.45) is 5.73 Å². The van der Waals surface area contributed by atoms with Gasteiger partial charge in [0.1, 0.15) is 0 Å². The fourth-order valence-electron chi connectivity index (χ4n) is 1.43. The van der Waals surface area contributed by atoms with Crippen LogP contribution in [0.15, 0.2) is 18.2 Å². The van der Waals surface area contributed by atoms with E-state index in [2.05, 4.69) is 32.9 Å². The minimum Gasteiger partial charge on any atom is -0.324 e. The molecular weight excluding hydrogens is 194 g/mol. The van der Waals surface area contributed by atoms with Gasteiger partial charge < -0.3 is 5.73 Å². The molecule has 1 rings (SSSR count). The van der Waals surface area contributed by atoms with Crippen LogP contribution >= 0.6 is 11.6 Å². The Morgan fingerprint density at radius 2 is 2.00 bits per heavy atom. The highest BCUT2D eigenvalue weighted by Gasteiger charge is 2.10. The highest BCUT2D eigenvalue weighted by molar-refractivity contribution is 6.31. The molecule has 0 amide bonds. The number of rotatable bonds is 3. The molecule has 0 bridgehead atoms. The lowest BCUT2D eigenvalue weighted by molar-refractivity contribution is 0.695. The highest BCUT2D eigenvalue weighted by atomic mass is 35.5. The topological polar surface area (TPSA) is 26.0 Å². The van der Waals surface area contributed by atoms with Gasteiger partial charge in [-0.15, -0.1) is 0 Å². The minimum absolute atomic E-state index is 0.0567. The van der Waals surface area contributed by atoms with E-state index >= 15 is 0 Å². The minimum atomic E-state index is 0.0567. The third-order valence-corrected chi connectivity index (χ3v) is 2.87. The van der Waals surface area contributed by atoms with Gasteiger partial charge in [0.25, 0.3) is 0 Å². The zero-order valence-corrected chi connectivity index (χ0v) is 9.81. The molecule has 1 unspecified atom stereocenters. The van der Waals surface area contributed by atoms with E-state index in [0.717, 1.165) is 17.0 Å². The Bertz CT molecular complexity index is 307. The van der Waals surface area contributed by atoms with Crippen LogP contribution in [0.2, 0.25) is 5.02 Å². The second kappa shape index (κ2) is 4.81. The van der Waals surface area contributed by atoms with Crippen LogP contribution in [0.3, 0.4) is 0 Å². The lowest BCUT2D eigenvalue weighted by Gasteiger charge is -2.14. The van der Waals surface area contributed by atoms with E-state index in [1.807, 2.05) is 6.07 Å². The van der Waals surface area contributed by atoms with Gasteiger partial charge in [0.15, 0.2) is 0 Å². The molecule has 0 aliphatic heterocycles. The predicted molar refractivity (Wildman–Crippen MR) is 62.8 cm³/mol. The van der Waals surface area contributed by atoms with Crippen molar-refractivity contribution in [2.45, 2.75) is 39.2 Å². The molecule has 1 aromatic rings. The summed E-state index contributed by atoms with van der Waals surface area (Å²) in [7, 11) is 0. The molecule has 78 valence electrons. The van der Waals surface area contributed by atoms with Crippen molar-refractivity contribution in [1.29, 1.82) is 0 Å². The van der Waals surface area contributed by atoms with Crippen molar-refractivity contribution < 1.29 is 0 Å². The van der Waals surface area contributed by atoms with Crippen molar-refractivity contribution in [3.8, 4) is 0 Å². The van der Waals surface area contributed by atoms with Crippen molar-refractivity contribution in [3.05, 3.63) is 34.3 Å². The standard InChI is InChI=1S/C12H18ClN/c1-4-12(14)10-7-9(8(2)3)5-6-11(10)13/h5-8,12H,4,14H2,1-3H3. The lowest BCUT2D eigenvalue weighted by Crippen LogP contribution is -2.09. The molecule has 0 spiro atoms. The van der Waals surface area contributed by atoms with E-state index < -0.39 is 0 Å². The molecule has 0 radical (unpaired) electrons. The maximum atomic E-state index is 6.09. The van der Waals surface area contributed by atoms with Crippen LogP contribution in [0.5, 0.6) is 0 Å². The van der Waals surface area contributed by atoms with Crippen molar-refractivity contribution >= 4 is 11.6 Å². The fraction of sp³-hybridized carbons (Fsp3) is 0.500. The van der Waals surface area contributed by atoms with Gasteiger partial charge in [0.2, 0.25) is 0 Å². The Morgan fingerprint density at radius 1 is 1.36 bits per heavy atom. The molecule has 2 N–H and O–H groups in total. The smallest absolute Gasteiger partial charge is 0.0453 e. The summed E-state index contributed by atoms with van der Waals surface area (Å²) in [6.07, 6.45) is 0.918. The molecule has 0 fully saturated rings. The highest BCUT2D eigenvalue weighted by Crippen LogP contribution is 2.27. The Balaban J connectivity index is 3.08. The third-order valence-electron chi connectivity index (χ3n) is 2.53. The Kier molecular flexibility index (Phi) is 3.97. The van der Waals surface area contributed by atoms with Gasteiger partial charge in [-0.05, 0) is 29.5 Å². The van der Waals surface area contributed by atoms with Crippen LogP contribution in [-0.4, -0.2) is 0 Å². The lowest BCUT2D eigenvalue weighted by atomic mass is 9.97. The summed E-state index contributed by atoms with van der Waals surface area (Å²) in [6, 6.07) is 6.20. The van der Waals surface area contributed by atoms with Crippen LogP contribution in [0, 0.1) is 0 Å². The van der Waals surface area contributed by atoms with E-state index in [-0.39, 0.29) is 6.04 Å². The molecule has 2 heteroatoms. The van der Waals surface area contributed by atoms with Gasteiger partial charge in [0, 0.05) is 11.1 Å². The second-order valence-electron chi connectivity index (χ2n) is 3.95. The molecule has 1 atom stereocenters. The predicted octanol–water partition coefficient (Wildman–Crippen LogP) is 3.87. The first kappa shape index (κ1) is 11.5. The quantitative estimate of drug-likeness (QED) is 0.807. The van der Waals surface area contributed by atoms with E-state index in [1.54, 1.807) is 0 Å². The zero-order valence-electron chi connectivity index (χ0n) is 9.05. The van der Waals surface area contributed by atoms with Crippen LogP contribution in [0.1, 0.15) is 50.3 Å². The van der Waals surface area contributed by atoms with Gasteiger partial charge in [-0.2, -0.15) is 0 Å². The fourth-order valence-corrected chi connectivity index (χ4v) is 1.68. The summed E-state index contributed by atoms with van der Waals surface area (Å²) in [4.78, 5) is 0. The molecule has 0 saturated heterocycles. The van der Waals surface area contributed by atoms with Crippen molar-refractivity contribution in [1.82, 2.24) is 0 Å². The van der Waals surface area contributed by atoms with E-state index in [0.29, 0.717) is 5.92 Å². The SMILES string of the molecule is CCC(N)c1cc(C(C)C)ccc1Cl. The Morgan fingerprint density at radius 3 is 2.50 bits per heavy atom. The summed E-state index contributed by atoms with van der Waals surface area (Å²) in [6.45, 7) is 6.41. The largest absolute Gasteiger partial charge is 0.324 e. The number of halogens is 1. The first-order chi connectivity index (χ1) is 6.56. The Hall–Kier alpha value is -0.530. The van der Waals surface area contributed by atoms with Crippen LogP contribution in [-0.2, 0) is 0 Å². The molecule has 1 nitrogen and oxygen atoms in total. The molecule has 14 heavy (non-hydrogen) atoms. The monoisotopic (exact) mass is 211 g/mol. The van der Waals surface area contributed by atoms with Gasteiger partial charge in [0.05, 0.1) is 0 Å². The number of nitrogens with two attached hydrogens (primary N) is 1. The van der Waals surface area contributed by atoms with Crippen molar-refractivity contribution in [3.63, 3.8) is 0 Å². The third kappa shape index (κ3) is 2.49. The molecular formula is C12H18ClN. The molecule has 0 saturated carbocycles. The van der Waals surface area contributed by atoms with E-state index in [1.165, 1.54) is 5.56 Å². The number of hydrogen-bond donors (Lipinski definition) is 1. The summed E-state index contributed by atoms with van der Waals surface area (Å²) in [5, 5.41) is 0.781. The first-order valence-electron chi connectivity index (χ1n) is 5.11. The number of benzene rings is 1. The maximum Gasteiger partial charge on any atom is 0.0453 e. The summed E-state index contributed by atoms with van der Waals surface area (Å²) >= 11 is 6.09. The van der Waals surface area contributed by atoms with Crippen molar-refractivity contribution in [2.75, 3.05) is 0 Å². The van der Waals surface area contributed by atoms with Gasteiger partial charge in [-0.25, -0.2) is 0 Å². The van der Waals surface area contributed by atoms with E-state index in [9.17, 15) is 0 Å². The molecule has 0 heterocycles. The van der Waals surface area contributed by atoms with Gasteiger partial charge in [-0.3, -0.25) is 0 Å². The van der Waals surface area contributed by atoms with Crippen LogP contribution in [0.4, 0.5) is 0 Å². The normalized spacial score (nSPS) is 13.3. The zero-order chi connectivity index (χ0) is 10.7. The molecule has 1 aromatic carbocycles. The summed E-state index contributed by atoms with van der Waals surface area (Å²) in [5.41, 5.74) is 8.35. The summed E-state index contributed by atoms with van der Waals surface area (Å²) < 4.78 is 0. The average molecular weight is 212 g/mol. The average Bonchev–Trinajstić information content (AvgIpc) is 2.17. The number of hydrogen-bond acceptors (Lipinski definition) is 1. The van der Waals surface area contributed by atoms with Crippen LogP contribution in [0.25, 0.3) is 0 Å². The maximum absolute atomic E-state index is 6.09. The van der Waals surface area contributed by atoms with E-state index in [4.69, 9.17) is 17.3 Å². The van der Waals surface area contributed by atoms with Gasteiger partial charge in [-0.1, -0.05) is 44.5 Å².